The summed E-state index contributed by atoms with van der Waals surface area (Å²) in [6.45, 7) is 15.0. The number of nitrogens with zero attached hydrogens (tertiary/aromatic N) is 4. The summed E-state index contributed by atoms with van der Waals surface area (Å²) in [5.74, 6) is 0. The van der Waals surface area contributed by atoms with Gasteiger partial charge in [0.25, 0.3) is 0 Å². The quantitative estimate of drug-likeness (QED) is 0.148. The molecule has 4 nitrogen and oxygen atoms in total. The van der Waals surface area contributed by atoms with E-state index in [-0.39, 0.29) is 0 Å². The molecule has 0 saturated carbocycles. The van der Waals surface area contributed by atoms with Crippen LogP contribution in [0.4, 0.5) is 11.4 Å². The molecule has 0 atom stereocenters. The van der Waals surface area contributed by atoms with Gasteiger partial charge in [-0.05, 0) is 61.5 Å². The summed E-state index contributed by atoms with van der Waals surface area (Å²) in [4.78, 5) is 11.5. The van der Waals surface area contributed by atoms with Crippen LogP contribution in [0.5, 0.6) is 0 Å². The molecule has 5 heteroatoms. The van der Waals surface area contributed by atoms with Gasteiger partial charge in [-0.15, -0.1) is 0 Å². The van der Waals surface area contributed by atoms with Gasteiger partial charge in [-0.1, -0.05) is 97.1 Å². The van der Waals surface area contributed by atoms with Crippen LogP contribution in [-0.2, 0) is 0 Å². The molecule has 1 heterocycles. The lowest BCUT2D eigenvalue weighted by Gasteiger charge is -2.34. The standard InChI is InChI=1S/C36H22N4Si/c1-38-31-9-17-35(18-10-31)41(33-13-3-26(24-37)4-14-33,36-19-11-32(39-2)12-20-36)34-15-7-27(8-16-34)29-6-5-28-21-22-40-25-30(28)23-29/h3-23,25H. The summed E-state index contributed by atoms with van der Waals surface area (Å²) in [6.07, 6.45) is 3.69. The maximum atomic E-state index is 9.50. The lowest BCUT2D eigenvalue weighted by atomic mass is 10.0. The molecule has 0 saturated heterocycles. The minimum Gasteiger partial charge on any atom is -0.264 e. The van der Waals surface area contributed by atoms with Crippen LogP contribution in [0.3, 0.4) is 0 Å². The molecule has 6 rings (SSSR count). The molecular weight excluding hydrogens is 517 g/mol. The van der Waals surface area contributed by atoms with E-state index in [0.717, 1.165) is 37.5 Å². The van der Waals surface area contributed by atoms with E-state index >= 15 is 0 Å². The van der Waals surface area contributed by atoms with Gasteiger partial charge in [-0.3, -0.25) is 4.98 Å². The highest BCUT2D eigenvalue weighted by molar-refractivity contribution is 7.19. The minimum atomic E-state index is -2.90. The smallest absolute Gasteiger partial charge is 0.187 e. The molecule has 0 unspecified atom stereocenters. The van der Waals surface area contributed by atoms with Gasteiger partial charge in [0.05, 0.1) is 24.8 Å². The molecule has 0 aliphatic carbocycles. The maximum absolute atomic E-state index is 9.50. The minimum absolute atomic E-state index is 0.584. The Morgan fingerprint density at radius 2 is 1.05 bits per heavy atom. The van der Waals surface area contributed by atoms with E-state index in [0.29, 0.717) is 16.9 Å². The average molecular weight is 539 g/mol. The Morgan fingerprint density at radius 3 is 1.56 bits per heavy atom. The zero-order valence-corrected chi connectivity index (χ0v) is 23.0. The number of hydrogen-bond donors (Lipinski definition) is 0. The van der Waals surface area contributed by atoms with Gasteiger partial charge in [-0.2, -0.15) is 5.26 Å². The number of pyridine rings is 1. The summed E-state index contributed by atoms with van der Waals surface area (Å²) in [5, 5.41) is 16.3. The van der Waals surface area contributed by atoms with Crippen molar-refractivity contribution in [2.24, 2.45) is 0 Å². The SMILES string of the molecule is [C-]#[N+]c1ccc([Si](c2ccc(C#N)cc2)(c2ccc([N+]#[C-])cc2)c2ccc(-c3ccc4ccncc4c3)cc2)cc1. The monoisotopic (exact) mass is 538 g/mol. The normalized spacial score (nSPS) is 10.9. The molecule has 5 aromatic carbocycles. The Kier molecular flexibility index (Phi) is 6.68. The largest absolute Gasteiger partial charge is 0.264 e. The van der Waals surface area contributed by atoms with Gasteiger partial charge in [-0.25, -0.2) is 9.69 Å². The molecule has 0 aliphatic rings. The Balaban J connectivity index is 1.59. The third kappa shape index (κ3) is 4.56. The maximum Gasteiger partial charge on any atom is 0.187 e. The summed E-state index contributed by atoms with van der Waals surface area (Å²) in [7, 11) is -2.90. The molecule has 41 heavy (non-hydrogen) atoms. The number of rotatable bonds is 5. The zero-order valence-electron chi connectivity index (χ0n) is 22.0. The van der Waals surface area contributed by atoms with Gasteiger partial charge in [0.1, 0.15) is 0 Å². The zero-order chi connectivity index (χ0) is 28.2. The molecule has 0 bridgehead atoms. The highest BCUT2D eigenvalue weighted by Gasteiger charge is 2.41. The molecule has 0 fully saturated rings. The summed E-state index contributed by atoms with van der Waals surface area (Å²) < 4.78 is 0. The van der Waals surface area contributed by atoms with Crippen molar-refractivity contribution in [3.05, 3.63) is 162 Å². The highest BCUT2D eigenvalue weighted by Crippen LogP contribution is 2.24. The van der Waals surface area contributed by atoms with Crippen molar-refractivity contribution in [1.82, 2.24) is 4.98 Å². The summed E-state index contributed by atoms with van der Waals surface area (Å²) in [6, 6.07) is 43.0. The predicted octanol–water partition coefficient (Wildman–Crippen LogP) is 6.25. The van der Waals surface area contributed by atoms with Gasteiger partial charge in [0.15, 0.2) is 19.4 Å². The molecule has 0 spiro atoms. The van der Waals surface area contributed by atoms with E-state index in [2.05, 4.69) is 99.6 Å². The van der Waals surface area contributed by atoms with Crippen LogP contribution in [0, 0.1) is 24.5 Å². The van der Waals surface area contributed by atoms with E-state index in [4.69, 9.17) is 13.1 Å². The molecule has 0 radical (unpaired) electrons. The Bertz CT molecular complexity index is 1850. The van der Waals surface area contributed by atoms with Crippen LogP contribution in [0.2, 0.25) is 0 Å². The van der Waals surface area contributed by atoms with E-state index in [1.807, 2.05) is 48.7 Å². The third-order valence-electron chi connectivity index (χ3n) is 7.60. The molecule has 0 amide bonds. The number of nitriles is 1. The first kappa shape index (κ1) is 25.5. The van der Waals surface area contributed by atoms with Crippen molar-refractivity contribution < 1.29 is 0 Å². The van der Waals surface area contributed by atoms with Gasteiger partial charge in [0, 0.05) is 17.8 Å². The van der Waals surface area contributed by atoms with Crippen molar-refractivity contribution >= 4 is 51.0 Å². The van der Waals surface area contributed by atoms with Crippen LogP contribution in [0.25, 0.3) is 31.6 Å². The first-order chi connectivity index (χ1) is 20.1. The van der Waals surface area contributed by atoms with Crippen molar-refractivity contribution in [2.45, 2.75) is 0 Å². The molecule has 0 N–H and O–H groups in total. The van der Waals surface area contributed by atoms with Crippen LogP contribution in [0.1, 0.15) is 5.56 Å². The van der Waals surface area contributed by atoms with Crippen LogP contribution < -0.4 is 20.7 Å². The van der Waals surface area contributed by atoms with E-state index in [1.165, 1.54) is 5.19 Å². The fourth-order valence-corrected chi connectivity index (χ4v) is 10.2. The summed E-state index contributed by atoms with van der Waals surface area (Å²) >= 11 is 0. The second kappa shape index (κ2) is 10.8. The van der Waals surface area contributed by atoms with E-state index in [9.17, 15) is 5.26 Å². The first-order valence-corrected chi connectivity index (χ1v) is 15.1. The Hall–Kier alpha value is -5.80. The second-order valence-corrected chi connectivity index (χ2v) is 13.6. The van der Waals surface area contributed by atoms with Crippen molar-refractivity contribution in [2.75, 3.05) is 0 Å². The number of aromatic nitrogens is 1. The van der Waals surface area contributed by atoms with E-state index < -0.39 is 8.07 Å². The van der Waals surface area contributed by atoms with Gasteiger partial charge in [0.2, 0.25) is 0 Å². The van der Waals surface area contributed by atoms with Crippen LogP contribution in [-0.4, -0.2) is 13.1 Å². The fourth-order valence-electron chi connectivity index (χ4n) is 5.54. The Morgan fingerprint density at radius 1 is 0.561 bits per heavy atom. The second-order valence-electron chi connectivity index (χ2n) is 9.77. The molecule has 1 aromatic heterocycles. The fraction of sp³-hybridized carbons (Fsp3) is 0. The Labute approximate surface area is 240 Å². The van der Waals surface area contributed by atoms with Crippen molar-refractivity contribution in [3.63, 3.8) is 0 Å². The molecular formula is C36H22N4Si. The van der Waals surface area contributed by atoms with Gasteiger partial charge >= 0.3 is 0 Å². The third-order valence-corrected chi connectivity index (χ3v) is 12.4. The highest BCUT2D eigenvalue weighted by atomic mass is 28.3. The molecule has 6 aromatic rings. The van der Waals surface area contributed by atoms with E-state index in [1.54, 1.807) is 6.20 Å². The number of fused-ring (bicyclic) bond motifs is 1. The topological polar surface area (TPSA) is 45.4 Å². The average Bonchev–Trinajstić information content (AvgIpc) is 3.06. The summed E-state index contributed by atoms with van der Waals surface area (Å²) in [5.41, 5.74) is 3.99. The molecule has 0 aliphatic heterocycles. The van der Waals surface area contributed by atoms with Crippen LogP contribution in [0.15, 0.2) is 134 Å². The lowest BCUT2D eigenvalue weighted by molar-refractivity contribution is 1.36. The number of hydrogen-bond acceptors (Lipinski definition) is 2. The van der Waals surface area contributed by atoms with Crippen molar-refractivity contribution in [1.29, 1.82) is 5.26 Å². The van der Waals surface area contributed by atoms with Crippen LogP contribution >= 0.6 is 0 Å². The molecule has 190 valence electrons. The first-order valence-electron chi connectivity index (χ1n) is 13.1. The lowest BCUT2D eigenvalue weighted by Crippen LogP contribution is -2.74. The van der Waals surface area contributed by atoms with Crippen molar-refractivity contribution in [3.8, 4) is 17.2 Å². The number of benzene rings is 5. The van der Waals surface area contributed by atoms with Gasteiger partial charge < -0.3 is 0 Å². The predicted molar refractivity (Wildman–Crippen MR) is 168 cm³/mol.